The molecule has 6 heteroatoms. The lowest BCUT2D eigenvalue weighted by molar-refractivity contribution is 0.0889. The van der Waals surface area contributed by atoms with E-state index in [2.05, 4.69) is 27.0 Å². The van der Waals surface area contributed by atoms with Crippen molar-refractivity contribution in [2.75, 3.05) is 19.6 Å². The number of halogens is 1. The fourth-order valence-corrected chi connectivity index (χ4v) is 3.95. The molecule has 2 aromatic heterocycles. The van der Waals surface area contributed by atoms with Crippen LogP contribution in [0.2, 0.25) is 4.34 Å². The third-order valence-corrected chi connectivity index (χ3v) is 5.44. The van der Waals surface area contributed by atoms with Crippen LogP contribution in [0.3, 0.4) is 0 Å². The number of nitrogens with one attached hydrogen (secondary N) is 1. The molecule has 1 aliphatic rings. The zero-order chi connectivity index (χ0) is 13.9. The van der Waals surface area contributed by atoms with Gasteiger partial charge in [-0.15, -0.1) is 11.3 Å². The highest BCUT2D eigenvalue weighted by molar-refractivity contribution is 7.18. The standard InChI is InChI=1S/C14H15ClN2OS2/c15-13-3-2-12(20-13)14(18)16-8-11(17-5-1-6-17)10-4-7-19-9-10/h2-4,7,9,11H,1,5-6,8H2,(H,16,18)/t11-/m1/s1. The summed E-state index contributed by atoms with van der Waals surface area (Å²) in [5.41, 5.74) is 1.29. The van der Waals surface area contributed by atoms with Crippen LogP contribution in [0.5, 0.6) is 0 Å². The number of hydrogen-bond acceptors (Lipinski definition) is 4. The van der Waals surface area contributed by atoms with Crippen LogP contribution in [0.1, 0.15) is 27.7 Å². The third kappa shape index (κ3) is 3.06. The van der Waals surface area contributed by atoms with Gasteiger partial charge in [-0.05, 0) is 40.9 Å². The van der Waals surface area contributed by atoms with Crippen LogP contribution in [0.4, 0.5) is 0 Å². The van der Waals surface area contributed by atoms with Gasteiger partial charge in [-0.3, -0.25) is 9.69 Å². The number of hydrogen-bond donors (Lipinski definition) is 1. The Kier molecular flexibility index (Phi) is 4.41. The van der Waals surface area contributed by atoms with Crippen LogP contribution in [-0.4, -0.2) is 30.4 Å². The summed E-state index contributed by atoms with van der Waals surface area (Å²) in [5, 5.41) is 7.28. The van der Waals surface area contributed by atoms with Crippen molar-refractivity contribution in [2.24, 2.45) is 0 Å². The molecule has 3 nitrogen and oxygen atoms in total. The molecule has 1 aliphatic heterocycles. The average molecular weight is 327 g/mol. The smallest absolute Gasteiger partial charge is 0.261 e. The second kappa shape index (κ2) is 6.26. The first-order chi connectivity index (χ1) is 9.74. The maximum Gasteiger partial charge on any atom is 0.261 e. The molecule has 0 radical (unpaired) electrons. The second-order valence-corrected chi connectivity index (χ2v) is 7.27. The van der Waals surface area contributed by atoms with Crippen molar-refractivity contribution in [1.82, 2.24) is 10.2 Å². The molecule has 20 heavy (non-hydrogen) atoms. The van der Waals surface area contributed by atoms with E-state index in [4.69, 9.17) is 11.6 Å². The van der Waals surface area contributed by atoms with Gasteiger partial charge in [0.25, 0.3) is 5.91 Å². The first-order valence-electron chi connectivity index (χ1n) is 6.54. The Hall–Kier alpha value is -0.880. The summed E-state index contributed by atoms with van der Waals surface area (Å²) in [4.78, 5) is 15.2. The van der Waals surface area contributed by atoms with Crippen molar-refractivity contribution in [3.05, 3.63) is 43.7 Å². The van der Waals surface area contributed by atoms with Crippen molar-refractivity contribution < 1.29 is 4.79 Å². The summed E-state index contributed by atoms with van der Waals surface area (Å²) in [5.74, 6) is -0.0392. The topological polar surface area (TPSA) is 32.3 Å². The Labute approximate surface area is 131 Å². The molecule has 3 heterocycles. The first-order valence-corrected chi connectivity index (χ1v) is 8.67. The number of rotatable bonds is 5. The molecule has 106 valence electrons. The van der Waals surface area contributed by atoms with E-state index in [-0.39, 0.29) is 11.9 Å². The fraction of sp³-hybridized carbons (Fsp3) is 0.357. The summed E-state index contributed by atoms with van der Waals surface area (Å²) in [6, 6.07) is 5.95. The molecule has 1 amide bonds. The minimum atomic E-state index is -0.0392. The SMILES string of the molecule is O=C(NC[C@H](c1ccsc1)N1CCC1)c1ccc(Cl)s1. The van der Waals surface area contributed by atoms with E-state index in [1.807, 2.05) is 0 Å². The summed E-state index contributed by atoms with van der Waals surface area (Å²) >= 11 is 8.88. The van der Waals surface area contributed by atoms with Gasteiger partial charge in [0.2, 0.25) is 0 Å². The van der Waals surface area contributed by atoms with Gasteiger partial charge >= 0.3 is 0 Å². The monoisotopic (exact) mass is 326 g/mol. The van der Waals surface area contributed by atoms with Crippen LogP contribution < -0.4 is 5.32 Å². The molecule has 0 spiro atoms. The molecule has 1 N–H and O–H groups in total. The molecular weight excluding hydrogens is 312 g/mol. The van der Waals surface area contributed by atoms with Crippen molar-refractivity contribution in [1.29, 1.82) is 0 Å². The number of likely N-dealkylation sites (tertiary alicyclic amines) is 1. The summed E-state index contributed by atoms with van der Waals surface area (Å²) in [7, 11) is 0. The van der Waals surface area contributed by atoms with Gasteiger partial charge in [-0.1, -0.05) is 11.6 Å². The predicted molar refractivity (Wildman–Crippen MR) is 84.9 cm³/mol. The number of carbonyl (C=O) groups is 1. The van der Waals surface area contributed by atoms with Crippen molar-refractivity contribution in [3.63, 3.8) is 0 Å². The van der Waals surface area contributed by atoms with E-state index in [1.54, 1.807) is 23.5 Å². The van der Waals surface area contributed by atoms with E-state index >= 15 is 0 Å². The van der Waals surface area contributed by atoms with Gasteiger partial charge in [0.1, 0.15) is 0 Å². The number of amides is 1. The molecule has 1 fully saturated rings. The zero-order valence-corrected chi connectivity index (χ0v) is 13.2. The van der Waals surface area contributed by atoms with Crippen LogP contribution >= 0.6 is 34.3 Å². The minimum Gasteiger partial charge on any atom is -0.349 e. The van der Waals surface area contributed by atoms with E-state index < -0.39 is 0 Å². The van der Waals surface area contributed by atoms with Crippen molar-refractivity contribution >= 4 is 40.2 Å². The molecule has 0 aliphatic carbocycles. The van der Waals surface area contributed by atoms with E-state index in [9.17, 15) is 4.79 Å². The lowest BCUT2D eigenvalue weighted by Gasteiger charge is -2.38. The summed E-state index contributed by atoms with van der Waals surface area (Å²) in [6.07, 6.45) is 1.25. The largest absolute Gasteiger partial charge is 0.349 e. The normalized spacial score (nSPS) is 16.6. The Morgan fingerprint density at radius 2 is 2.25 bits per heavy atom. The van der Waals surface area contributed by atoms with Crippen molar-refractivity contribution in [2.45, 2.75) is 12.5 Å². The average Bonchev–Trinajstić information content (AvgIpc) is 3.02. The number of nitrogens with zero attached hydrogens (tertiary/aromatic N) is 1. The summed E-state index contributed by atoms with van der Waals surface area (Å²) < 4.78 is 0.646. The molecule has 3 rings (SSSR count). The number of carbonyl (C=O) groups excluding carboxylic acids is 1. The highest BCUT2D eigenvalue weighted by atomic mass is 35.5. The van der Waals surface area contributed by atoms with Gasteiger partial charge in [0.15, 0.2) is 0 Å². The van der Waals surface area contributed by atoms with Gasteiger partial charge in [0.05, 0.1) is 15.3 Å². The van der Waals surface area contributed by atoms with Crippen LogP contribution in [0.25, 0.3) is 0 Å². The Morgan fingerprint density at radius 1 is 1.40 bits per heavy atom. The van der Waals surface area contributed by atoms with E-state index in [0.29, 0.717) is 15.8 Å². The van der Waals surface area contributed by atoms with E-state index in [1.165, 1.54) is 23.3 Å². The van der Waals surface area contributed by atoms with Gasteiger partial charge in [-0.2, -0.15) is 11.3 Å². The maximum atomic E-state index is 12.1. The van der Waals surface area contributed by atoms with Crippen molar-refractivity contribution in [3.8, 4) is 0 Å². The summed E-state index contributed by atoms with van der Waals surface area (Å²) in [6.45, 7) is 2.87. The van der Waals surface area contributed by atoms with E-state index in [0.717, 1.165) is 13.1 Å². The molecule has 0 unspecified atom stereocenters. The van der Waals surface area contributed by atoms with Crippen LogP contribution in [0.15, 0.2) is 29.0 Å². The quantitative estimate of drug-likeness (QED) is 0.909. The fourth-order valence-electron chi connectivity index (χ4n) is 2.29. The van der Waals surface area contributed by atoms with Gasteiger partial charge in [0, 0.05) is 19.6 Å². The zero-order valence-electron chi connectivity index (χ0n) is 10.8. The lowest BCUT2D eigenvalue weighted by Crippen LogP contribution is -2.44. The van der Waals surface area contributed by atoms with Gasteiger partial charge in [-0.25, -0.2) is 0 Å². The maximum absolute atomic E-state index is 12.1. The third-order valence-electron chi connectivity index (χ3n) is 3.51. The number of thiophene rings is 2. The Balaban J connectivity index is 1.63. The second-order valence-electron chi connectivity index (χ2n) is 4.78. The molecule has 0 bridgehead atoms. The highest BCUT2D eigenvalue weighted by Crippen LogP contribution is 2.27. The first kappa shape index (κ1) is 14.1. The molecule has 0 aromatic carbocycles. The predicted octanol–water partition coefficient (Wildman–Crippen LogP) is 3.64. The highest BCUT2D eigenvalue weighted by Gasteiger charge is 2.26. The minimum absolute atomic E-state index is 0.0392. The molecule has 2 aromatic rings. The molecule has 1 atom stereocenters. The van der Waals surface area contributed by atoms with Crippen LogP contribution in [-0.2, 0) is 0 Å². The Morgan fingerprint density at radius 3 is 2.80 bits per heavy atom. The lowest BCUT2D eigenvalue weighted by atomic mass is 10.0. The molecule has 1 saturated heterocycles. The van der Waals surface area contributed by atoms with Gasteiger partial charge < -0.3 is 5.32 Å². The molecule has 0 saturated carbocycles. The molecular formula is C14H15ClN2OS2. The Bertz CT molecular complexity index is 578. The van der Waals surface area contributed by atoms with Crippen LogP contribution in [0, 0.1) is 0 Å².